The zero-order valence-electron chi connectivity index (χ0n) is 12.8. The Bertz CT molecular complexity index is 405. The maximum Gasteiger partial charge on any atom is 0.225 e. The van der Waals surface area contributed by atoms with Crippen LogP contribution in [0, 0.1) is 35.0 Å². The lowest BCUT2D eigenvalue weighted by Gasteiger charge is -2.44. The standard InChI is InChI=1S/C17H28N2O/c1-17(2)13-8-19(9-14(13)17)16(20)12-6-10-4-3-5-11(7-12)15(10)18/h10-15H,3-9,18H2,1-2H3. The molecular weight excluding hydrogens is 248 g/mol. The first kappa shape index (κ1) is 13.1. The fraction of sp³-hybridized carbons (Fsp3) is 0.941. The predicted molar refractivity (Wildman–Crippen MR) is 78.9 cm³/mol. The highest BCUT2D eigenvalue weighted by molar-refractivity contribution is 5.79. The Balaban J connectivity index is 1.41. The van der Waals surface area contributed by atoms with Crippen LogP contribution in [-0.4, -0.2) is 29.9 Å². The number of amides is 1. The zero-order chi connectivity index (χ0) is 14.1. The van der Waals surface area contributed by atoms with E-state index in [1.165, 1.54) is 19.3 Å². The van der Waals surface area contributed by atoms with Crippen LogP contribution in [0.15, 0.2) is 0 Å². The van der Waals surface area contributed by atoms with E-state index in [9.17, 15) is 4.79 Å². The van der Waals surface area contributed by atoms with Gasteiger partial charge in [0.15, 0.2) is 0 Å². The number of piperidine rings is 1. The summed E-state index contributed by atoms with van der Waals surface area (Å²) < 4.78 is 0. The lowest BCUT2D eigenvalue weighted by atomic mass is 9.65. The Morgan fingerprint density at radius 2 is 1.65 bits per heavy atom. The van der Waals surface area contributed by atoms with Gasteiger partial charge in [0.2, 0.25) is 5.91 Å². The summed E-state index contributed by atoms with van der Waals surface area (Å²) in [6, 6.07) is 0.374. The predicted octanol–water partition coefficient (Wildman–Crippen LogP) is 2.25. The van der Waals surface area contributed by atoms with Gasteiger partial charge in [0.1, 0.15) is 0 Å². The second kappa shape index (κ2) is 4.22. The highest BCUT2D eigenvalue weighted by Crippen LogP contribution is 2.62. The zero-order valence-corrected chi connectivity index (χ0v) is 12.8. The number of hydrogen-bond donors (Lipinski definition) is 1. The Kier molecular flexibility index (Phi) is 2.77. The van der Waals surface area contributed by atoms with Crippen LogP contribution >= 0.6 is 0 Å². The molecule has 1 amide bonds. The largest absolute Gasteiger partial charge is 0.342 e. The molecule has 0 aromatic rings. The molecule has 112 valence electrons. The molecule has 0 aromatic heterocycles. The van der Waals surface area contributed by atoms with Crippen molar-refractivity contribution in [3.8, 4) is 0 Å². The third-order valence-corrected chi connectivity index (χ3v) is 7.20. The third kappa shape index (κ3) is 1.78. The Morgan fingerprint density at radius 1 is 1.10 bits per heavy atom. The summed E-state index contributed by atoms with van der Waals surface area (Å²) in [6.07, 6.45) is 5.95. The van der Waals surface area contributed by atoms with E-state index in [-0.39, 0.29) is 5.92 Å². The third-order valence-electron chi connectivity index (χ3n) is 7.20. The fourth-order valence-corrected chi connectivity index (χ4v) is 5.56. The molecule has 1 aliphatic heterocycles. The summed E-state index contributed by atoms with van der Waals surface area (Å²) in [5.41, 5.74) is 6.84. The number of carbonyl (C=O) groups is 1. The van der Waals surface area contributed by atoms with Gasteiger partial charge in [0.25, 0.3) is 0 Å². The molecule has 4 rings (SSSR count). The van der Waals surface area contributed by atoms with Crippen molar-refractivity contribution in [3.63, 3.8) is 0 Å². The first-order valence-corrected chi connectivity index (χ1v) is 8.53. The van der Waals surface area contributed by atoms with Gasteiger partial charge in [-0.15, -0.1) is 0 Å². The molecule has 1 saturated heterocycles. The van der Waals surface area contributed by atoms with Crippen LogP contribution in [-0.2, 0) is 4.79 Å². The van der Waals surface area contributed by atoms with E-state index >= 15 is 0 Å². The van der Waals surface area contributed by atoms with E-state index in [1.807, 2.05) is 0 Å². The smallest absolute Gasteiger partial charge is 0.225 e. The molecule has 1 heterocycles. The van der Waals surface area contributed by atoms with Gasteiger partial charge in [-0.05, 0) is 54.8 Å². The van der Waals surface area contributed by atoms with Crippen LogP contribution in [0.1, 0.15) is 46.0 Å². The molecule has 3 heteroatoms. The van der Waals surface area contributed by atoms with Crippen molar-refractivity contribution in [1.29, 1.82) is 0 Å². The van der Waals surface area contributed by atoms with Crippen LogP contribution < -0.4 is 5.73 Å². The highest BCUT2D eigenvalue weighted by atomic mass is 16.2. The molecule has 0 radical (unpaired) electrons. The van der Waals surface area contributed by atoms with Crippen LogP contribution in [0.4, 0.5) is 0 Å². The van der Waals surface area contributed by atoms with Gasteiger partial charge < -0.3 is 10.6 Å². The van der Waals surface area contributed by atoms with Gasteiger partial charge in [0, 0.05) is 25.0 Å². The van der Waals surface area contributed by atoms with Gasteiger partial charge in [0.05, 0.1) is 0 Å². The molecule has 3 saturated carbocycles. The molecular formula is C17H28N2O. The molecule has 4 unspecified atom stereocenters. The maximum absolute atomic E-state index is 12.8. The summed E-state index contributed by atoms with van der Waals surface area (Å²) in [4.78, 5) is 15.0. The van der Waals surface area contributed by atoms with Crippen molar-refractivity contribution >= 4 is 5.91 Å². The normalized spacial score (nSPS) is 48.9. The van der Waals surface area contributed by atoms with Crippen molar-refractivity contribution in [2.24, 2.45) is 40.7 Å². The van der Waals surface area contributed by atoms with Gasteiger partial charge in [-0.2, -0.15) is 0 Å². The minimum Gasteiger partial charge on any atom is -0.342 e. The maximum atomic E-state index is 12.8. The molecule has 2 bridgehead atoms. The van der Waals surface area contributed by atoms with Crippen molar-refractivity contribution in [2.75, 3.05) is 13.1 Å². The number of nitrogens with two attached hydrogens (primary N) is 1. The molecule has 4 fully saturated rings. The summed E-state index contributed by atoms with van der Waals surface area (Å²) in [5.74, 6) is 3.52. The second-order valence-electron chi connectivity index (χ2n) is 8.47. The minimum absolute atomic E-state index is 0.283. The molecule has 0 spiro atoms. The number of fused-ring (bicyclic) bond motifs is 3. The number of rotatable bonds is 1. The number of carbonyl (C=O) groups excluding carboxylic acids is 1. The van der Waals surface area contributed by atoms with Crippen LogP contribution in [0.5, 0.6) is 0 Å². The topological polar surface area (TPSA) is 46.3 Å². The molecule has 2 N–H and O–H groups in total. The molecule has 20 heavy (non-hydrogen) atoms. The van der Waals surface area contributed by atoms with E-state index in [4.69, 9.17) is 5.73 Å². The molecule has 3 aliphatic carbocycles. The molecule has 0 aromatic carbocycles. The van der Waals surface area contributed by atoms with Crippen molar-refractivity contribution in [1.82, 2.24) is 4.90 Å². The summed E-state index contributed by atoms with van der Waals surface area (Å²) in [7, 11) is 0. The number of hydrogen-bond acceptors (Lipinski definition) is 2. The fourth-order valence-electron chi connectivity index (χ4n) is 5.56. The van der Waals surface area contributed by atoms with Crippen LogP contribution in [0.2, 0.25) is 0 Å². The Morgan fingerprint density at radius 3 is 2.20 bits per heavy atom. The summed E-state index contributed by atoms with van der Waals surface area (Å²) in [6.45, 7) is 6.76. The average molecular weight is 276 g/mol. The van der Waals surface area contributed by atoms with Gasteiger partial charge in [-0.3, -0.25) is 4.79 Å². The number of likely N-dealkylation sites (tertiary alicyclic amines) is 1. The van der Waals surface area contributed by atoms with Gasteiger partial charge in [-0.25, -0.2) is 0 Å². The molecule has 4 aliphatic rings. The average Bonchev–Trinajstić information content (AvgIpc) is 2.78. The van der Waals surface area contributed by atoms with Gasteiger partial charge in [-0.1, -0.05) is 20.3 Å². The van der Waals surface area contributed by atoms with Crippen molar-refractivity contribution in [2.45, 2.75) is 52.0 Å². The minimum atomic E-state index is 0.283. The van der Waals surface area contributed by atoms with E-state index in [0.717, 1.165) is 37.8 Å². The second-order valence-corrected chi connectivity index (χ2v) is 8.47. The van der Waals surface area contributed by atoms with Crippen LogP contribution in [0.25, 0.3) is 0 Å². The first-order chi connectivity index (χ1) is 9.48. The lowest BCUT2D eigenvalue weighted by Crippen LogP contribution is -2.49. The summed E-state index contributed by atoms with van der Waals surface area (Å²) >= 11 is 0. The molecule has 3 nitrogen and oxygen atoms in total. The van der Waals surface area contributed by atoms with Gasteiger partial charge >= 0.3 is 0 Å². The van der Waals surface area contributed by atoms with E-state index in [1.54, 1.807) is 0 Å². The van der Waals surface area contributed by atoms with Crippen molar-refractivity contribution < 1.29 is 4.79 Å². The number of nitrogens with zero attached hydrogens (tertiary/aromatic N) is 1. The summed E-state index contributed by atoms with van der Waals surface area (Å²) in [5, 5.41) is 0. The SMILES string of the molecule is CC1(C)C2CN(C(=O)C3CC4CCCC(C3)C4N)CC21. The first-order valence-electron chi connectivity index (χ1n) is 8.53. The Hall–Kier alpha value is -0.570. The van der Waals surface area contributed by atoms with Crippen molar-refractivity contribution in [3.05, 3.63) is 0 Å². The monoisotopic (exact) mass is 276 g/mol. The lowest BCUT2D eigenvalue weighted by molar-refractivity contribution is -0.138. The van der Waals surface area contributed by atoms with E-state index in [2.05, 4.69) is 18.7 Å². The quantitative estimate of drug-likeness (QED) is 0.798. The van der Waals surface area contributed by atoms with E-state index < -0.39 is 0 Å². The van der Waals surface area contributed by atoms with E-state index in [0.29, 0.717) is 29.2 Å². The Labute approximate surface area is 122 Å². The highest BCUT2D eigenvalue weighted by Gasteiger charge is 2.63. The molecule has 4 atom stereocenters. The van der Waals surface area contributed by atoms with Crippen LogP contribution in [0.3, 0.4) is 0 Å².